The van der Waals surface area contributed by atoms with Gasteiger partial charge in [0.15, 0.2) is 5.41 Å². The van der Waals surface area contributed by atoms with Crippen LogP contribution in [0.1, 0.15) is 116 Å². The lowest BCUT2D eigenvalue weighted by atomic mass is 9.82. The molecule has 4 nitrogen and oxygen atoms in total. The molecule has 1 rings (SSSR count). The van der Waals surface area contributed by atoms with Gasteiger partial charge in [-0.2, -0.15) is 0 Å². The maximum atomic E-state index is 12.8. The molecule has 0 amide bonds. The second kappa shape index (κ2) is 18.6. The minimum Gasteiger partial charge on any atom is -0.465 e. The molecule has 0 aliphatic heterocycles. The normalized spacial score (nSPS) is 11.4. The monoisotopic (exact) mass is 460 g/mol. The second-order valence-corrected chi connectivity index (χ2v) is 9.19. The van der Waals surface area contributed by atoms with Crippen LogP contribution in [0.5, 0.6) is 0 Å². The van der Waals surface area contributed by atoms with Gasteiger partial charge in [-0.1, -0.05) is 115 Å². The summed E-state index contributed by atoms with van der Waals surface area (Å²) in [6.45, 7) is 6.68. The van der Waals surface area contributed by atoms with Gasteiger partial charge in [-0.3, -0.25) is 9.59 Å². The number of esters is 2. The molecule has 1 aromatic carbocycles. The Bertz CT molecular complexity index is 622. The fourth-order valence-corrected chi connectivity index (χ4v) is 4.20. The molecule has 0 radical (unpaired) electrons. The Morgan fingerprint density at radius 1 is 0.636 bits per heavy atom. The molecule has 0 spiro atoms. The Hall–Kier alpha value is -1.84. The highest BCUT2D eigenvalue weighted by molar-refractivity contribution is 5.99. The third kappa shape index (κ3) is 11.7. The van der Waals surface area contributed by atoms with Gasteiger partial charge in [-0.25, -0.2) is 0 Å². The number of rotatable bonds is 20. The predicted molar refractivity (Wildman–Crippen MR) is 136 cm³/mol. The van der Waals surface area contributed by atoms with Crippen molar-refractivity contribution >= 4 is 11.9 Å². The number of unbranched alkanes of at least 4 members (excludes halogenated alkanes) is 10. The summed E-state index contributed by atoms with van der Waals surface area (Å²) in [5.41, 5.74) is 0.0435. The Balaban J connectivity index is 2.21. The van der Waals surface area contributed by atoms with Gasteiger partial charge in [0.05, 0.1) is 13.2 Å². The van der Waals surface area contributed by atoms with Crippen molar-refractivity contribution in [1.29, 1.82) is 0 Å². The fourth-order valence-electron chi connectivity index (χ4n) is 4.20. The van der Waals surface area contributed by atoms with E-state index in [9.17, 15) is 9.59 Å². The van der Waals surface area contributed by atoms with Crippen molar-refractivity contribution in [2.75, 3.05) is 13.2 Å². The van der Waals surface area contributed by atoms with Crippen LogP contribution < -0.4 is 0 Å². The molecule has 0 aliphatic carbocycles. The average molecular weight is 461 g/mol. The van der Waals surface area contributed by atoms with Crippen LogP contribution in [0.4, 0.5) is 0 Å². The molecule has 33 heavy (non-hydrogen) atoms. The van der Waals surface area contributed by atoms with Crippen molar-refractivity contribution < 1.29 is 19.1 Å². The summed E-state index contributed by atoms with van der Waals surface area (Å²) in [5, 5.41) is 0. The quantitative estimate of drug-likeness (QED) is 0.113. The van der Waals surface area contributed by atoms with E-state index in [0.717, 1.165) is 25.7 Å². The average Bonchev–Trinajstić information content (AvgIpc) is 2.84. The van der Waals surface area contributed by atoms with E-state index in [1.807, 2.05) is 32.0 Å². The third-order valence-electron chi connectivity index (χ3n) is 6.66. The molecule has 0 heterocycles. The molecule has 0 aliphatic rings. The molecule has 1 aromatic rings. The van der Waals surface area contributed by atoms with Crippen LogP contribution >= 0.6 is 0 Å². The standard InChI is InChI=1S/C29H48O4/c1-4-7-8-9-10-11-12-13-14-15-19-24-32-27(30)29(5-2,6-3)28(31)33-25-20-23-26-21-17-16-18-22-26/h16-18,21-22H,4-15,19-20,23-25H2,1-3H3. The van der Waals surface area contributed by atoms with E-state index >= 15 is 0 Å². The number of carbonyl (C=O) groups excluding carboxylic acids is 2. The Morgan fingerprint density at radius 2 is 1.09 bits per heavy atom. The number of hydrogen-bond acceptors (Lipinski definition) is 4. The minimum atomic E-state index is -1.18. The molecule has 0 fully saturated rings. The Labute approximate surface area is 202 Å². The SMILES string of the molecule is CCCCCCCCCCCCCOC(=O)C(CC)(CC)C(=O)OCCCc1ccccc1. The van der Waals surface area contributed by atoms with Crippen molar-refractivity contribution in [2.45, 2.75) is 117 Å². The summed E-state index contributed by atoms with van der Waals surface area (Å²) in [6.07, 6.45) is 16.2. The molecule has 4 heteroatoms. The van der Waals surface area contributed by atoms with Gasteiger partial charge in [0.1, 0.15) is 0 Å². The van der Waals surface area contributed by atoms with E-state index in [0.29, 0.717) is 26.1 Å². The van der Waals surface area contributed by atoms with E-state index in [-0.39, 0.29) is 0 Å². The maximum Gasteiger partial charge on any atom is 0.323 e. The van der Waals surface area contributed by atoms with Crippen LogP contribution in [-0.4, -0.2) is 25.2 Å². The predicted octanol–water partition coefficient (Wildman–Crippen LogP) is 7.82. The van der Waals surface area contributed by atoms with Crippen LogP contribution in [0.15, 0.2) is 30.3 Å². The van der Waals surface area contributed by atoms with E-state index in [1.165, 1.54) is 63.4 Å². The minimum absolute atomic E-state index is 0.321. The van der Waals surface area contributed by atoms with Gasteiger partial charge in [-0.05, 0) is 37.7 Å². The summed E-state index contributed by atoms with van der Waals surface area (Å²) < 4.78 is 11.0. The van der Waals surface area contributed by atoms with Crippen molar-refractivity contribution in [3.8, 4) is 0 Å². The first-order chi connectivity index (χ1) is 16.1. The molecular formula is C29H48O4. The lowest BCUT2D eigenvalue weighted by Gasteiger charge is -2.27. The number of aryl methyl sites for hydroxylation is 1. The molecule has 0 saturated carbocycles. The number of hydrogen-bond donors (Lipinski definition) is 0. The zero-order chi connectivity index (χ0) is 24.2. The smallest absolute Gasteiger partial charge is 0.323 e. The van der Waals surface area contributed by atoms with Crippen molar-refractivity contribution in [2.24, 2.45) is 5.41 Å². The van der Waals surface area contributed by atoms with Gasteiger partial charge in [0, 0.05) is 0 Å². The highest BCUT2D eigenvalue weighted by atomic mass is 16.6. The molecule has 0 N–H and O–H groups in total. The molecule has 0 atom stereocenters. The number of ether oxygens (including phenoxy) is 2. The van der Waals surface area contributed by atoms with Crippen LogP contribution in [-0.2, 0) is 25.5 Å². The summed E-state index contributed by atoms with van der Waals surface area (Å²) >= 11 is 0. The topological polar surface area (TPSA) is 52.6 Å². The van der Waals surface area contributed by atoms with Crippen molar-refractivity contribution in [3.63, 3.8) is 0 Å². The van der Waals surface area contributed by atoms with Crippen LogP contribution in [0, 0.1) is 5.41 Å². The lowest BCUT2D eigenvalue weighted by Crippen LogP contribution is -2.41. The fraction of sp³-hybridized carbons (Fsp3) is 0.724. The Kier molecular flexibility index (Phi) is 16.4. The van der Waals surface area contributed by atoms with E-state index in [2.05, 4.69) is 19.1 Å². The Morgan fingerprint density at radius 3 is 1.58 bits per heavy atom. The number of carbonyl (C=O) groups is 2. The third-order valence-corrected chi connectivity index (χ3v) is 6.66. The molecule has 0 saturated heterocycles. The first-order valence-electron chi connectivity index (χ1n) is 13.5. The van der Waals surface area contributed by atoms with Gasteiger partial charge in [-0.15, -0.1) is 0 Å². The van der Waals surface area contributed by atoms with E-state index < -0.39 is 17.4 Å². The molecule has 0 unspecified atom stereocenters. The molecule has 0 bridgehead atoms. The van der Waals surface area contributed by atoms with Gasteiger partial charge in [0.2, 0.25) is 0 Å². The maximum absolute atomic E-state index is 12.8. The first kappa shape index (κ1) is 29.2. The highest BCUT2D eigenvalue weighted by Gasteiger charge is 2.45. The van der Waals surface area contributed by atoms with E-state index in [4.69, 9.17) is 9.47 Å². The highest BCUT2D eigenvalue weighted by Crippen LogP contribution is 2.30. The van der Waals surface area contributed by atoms with Crippen molar-refractivity contribution in [3.05, 3.63) is 35.9 Å². The van der Waals surface area contributed by atoms with Crippen LogP contribution in [0.25, 0.3) is 0 Å². The van der Waals surface area contributed by atoms with Gasteiger partial charge < -0.3 is 9.47 Å². The zero-order valence-corrected chi connectivity index (χ0v) is 21.5. The largest absolute Gasteiger partial charge is 0.465 e. The number of benzene rings is 1. The van der Waals surface area contributed by atoms with Crippen LogP contribution in [0.2, 0.25) is 0 Å². The summed E-state index contributed by atoms with van der Waals surface area (Å²) in [4.78, 5) is 25.6. The summed E-state index contributed by atoms with van der Waals surface area (Å²) in [7, 11) is 0. The first-order valence-corrected chi connectivity index (χ1v) is 13.5. The van der Waals surface area contributed by atoms with E-state index in [1.54, 1.807) is 0 Å². The molecule has 188 valence electrons. The summed E-state index contributed by atoms with van der Waals surface area (Å²) in [6, 6.07) is 10.1. The lowest BCUT2D eigenvalue weighted by molar-refractivity contribution is -0.173. The zero-order valence-electron chi connectivity index (χ0n) is 21.5. The summed E-state index contributed by atoms with van der Waals surface area (Å²) in [5.74, 6) is -0.864. The van der Waals surface area contributed by atoms with Crippen molar-refractivity contribution in [1.82, 2.24) is 0 Å². The van der Waals surface area contributed by atoms with Gasteiger partial charge >= 0.3 is 11.9 Å². The van der Waals surface area contributed by atoms with Gasteiger partial charge in [0.25, 0.3) is 0 Å². The molecular weight excluding hydrogens is 412 g/mol. The second-order valence-electron chi connectivity index (χ2n) is 9.19. The molecule has 0 aromatic heterocycles. The van der Waals surface area contributed by atoms with Crippen LogP contribution in [0.3, 0.4) is 0 Å².